The van der Waals surface area contributed by atoms with Crippen LogP contribution >= 0.6 is 39.1 Å². The van der Waals surface area contributed by atoms with Crippen LogP contribution in [0.3, 0.4) is 0 Å². The lowest BCUT2D eigenvalue weighted by molar-refractivity contribution is 0.0951. The Balaban J connectivity index is 1.76. The fourth-order valence-electron chi connectivity index (χ4n) is 2.53. The van der Waals surface area contributed by atoms with Gasteiger partial charge in [0.05, 0.1) is 10.0 Å². The average Bonchev–Trinajstić information content (AvgIpc) is 3.38. The summed E-state index contributed by atoms with van der Waals surface area (Å²) in [7, 11) is -2.42. The Kier molecular flexibility index (Phi) is 6.17. The lowest BCUT2D eigenvalue weighted by Gasteiger charge is -2.19. The van der Waals surface area contributed by atoms with E-state index in [-0.39, 0.29) is 33.4 Å². The molecule has 5 nitrogen and oxygen atoms in total. The summed E-state index contributed by atoms with van der Waals surface area (Å²) >= 11 is 15.4. The van der Waals surface area contributed by atoms with E-state index in [2.05, 4.69) is 21.2 Å². The molecule has 2 aromatic rings. The third-order valence-corrected chi connectivity index (χ3v) is 7.35. The standard InChI is InChI=1S/C18H17BrCl2N2O3S/c1-23(27(25,26)17-15(20)8-13(19)9-16(17)21)10-11-2-4-12(5-3-11)18(24)22-14-6-7-14/h2-5,8-9,14H,6-7,10H2,1H3,(H,22,24). The fraction of sp³-hybridized carbons (Fsp3) is 0.278. The molecular weight excluding hydrogens is 475 g/mol. The molecule has 27 heavy (non-hydrogen) atoms. The van der Waals surface area contributed by atoms with Gasteiger partial charge in [-0.05, 0) is 42.7 Å². The van der Waals surface area contributed by atoms with Crippen molar-refractivity contribution in [3.63, 3.8) is 0 Å². The second kappa shape index (κ2) is 8.09. The molecule has 0 aliphatic heterocycles. The van der Waals surface area contributed by atoms with E-state index in [1.54, 1.807) is 24.3 Å². The average molecular weight is 492 g/mol. The van der Waals surface area contributed by atoms with Crippen molar-refractivity contribution >= 4 is 55.1 Å². The number of hydrogen-bond donors (Lipinski definition) is 1. The predicted molar refractivity (Wildman–Crippen MR) is 110 cm³/mol. The SMILES string of the molecule is CN(Cc1ccc(C(=O)NC2CC2)cc1)S(=O)(=O)c1c(Cl)cc(Br)cc1Cl. The van der Waals surface area contributed by atoms with E-state index in [9.17, 15) is 13.2 Å². The van der Waals surface area contributed by atoms with Crippen molar-refractivity contribution in [2.45, 2.75) is 30.3 Å². The van der Waals surface area contributed by atoms with Gasteiger partial charge in [0.25, 0.3) is 5.91 Å². The summed E-state index contributed by atoms with van der Waals surface area (Å²) in [5.41, 5.74) is 1.29. The van der Waals surface area contributed by atoms with Crippen molar-refractivity contribution in [1.29, 1.82) is 0 Å². The first kappa shape index (κ1) is 20.6. The number of carbonyl (C=O) groups is 1. The quantitative estimate of drug-likeness (QED) is 0.648. The highest BCUT2D eigenvalue weighted by molar-refractivity contribution is 9.10. The smallest absolute Gasteiger partial charge is 0.251 e. The van der Waals surface area contributed by atoms with Crippen molar-refractivity contribution in [2.24, 2.45) is 0 Å². The van der Waals surface area contributed by atoms with Gasteiger partial charge in [-0.3, -0.25) is 4.79 Å². The van der Waals surface area contributed by atoms with Crippen LogP contribution in [0, 0.1) is 0 Å². The van der Waals surface area contributed by atoms with Crippen LogP contribution in [0.25, 0.3) is 0 Å². The first-order valence-corrected chi connectivity index (χ1v) is 11.2. The number of sulfonamides is 1. The van der Waals surface area contributed by atoms with Gasteiger partial charge in [0.15, 0.2) is 0 Å². The van der Waals surface area contributed by atoms with Gasteiger partial charge in [-0.15, -0.1) is 0 Å². The Bertz CT molecular complexity index is 954. The molecular formula is C18H17BrCl2N2O3S. The minimum Gasteiger partial charge on any atom is -0.349 e. The zero-order valence-corrected chi connectivity index (χ0v) is 18.3. The van der Waals surface area contributed by atoms with E-state index in [1.165, 1.54) is 23.5 Å². The highest BCUT2D eigenvalue weighted by Gasteiger charge is 2.27. The lowest BCUT2D eigenvalue weighted by Crippen LogP contribution is -2.27. The molecule has 0 bridgehead atoms. The van der Waals surface area contributed by atoms with Crippen molar-refractivity contribution in [3.05, 3.63) is 62.0 Å². The maximum absolute atomic E-state index is 12.9. The first-order valence-electron chi connectivity index (χ1n) is 8.19. The highest BCUT2D eigenvalue weighted by atomic mass is 79.9. The number of hydrogen-bond acceptors (Lipinski definition) is 3. The number of benzene rings is 2. The summed E-state index contributed by atoms with van der Waals surface area (Å²) in [5.74, 6) is -0.113. The molecule has 1 aliphatic rings. The van der Waals surface area contributed by atoms with Gasteiger partial charge in [-0.1, -0.05) is 51.3 Å². The van der Waals surface area contributed by atoms with E-state index in [1.807, 2.05) is 0 Å². The number of halogens is 3. The number of carbonyl (C=O) groups excluding carboxylic acids is 1. The van der Waals surface area contributed by atoms with Crippen LogP contribution in [0.15, 0.2) is 45.8 Å². The van der Waals surface area contributed by atoms with Crippen molar-refractivity contribution in [3.8, 4) is 0 Å². The van der Waals surface area contributed by atoms with E-state index < -0.39 is 10.0 Å². The molecule has 1 aliphatic carbocycles. The number of nitrogens with zero attached hydrogens (tertiary/aromatic N) is 1. The van der Waals surface area contributed by atoms with Gasteiger partial charge in [-0.2, -0.15) is 4.31 Å². The Labute approximate surface area is 176 Å². The van der Waals surface area contributed by atoms with Crippen LogP contribution in [0.2, 0.25) is 10.0 Å². The lowest BCUT2D eigenvalue weighted by atomic mass is 10.1. The van der Waals surface area contributed by atoms with Crippen molar-refractivity contribution in [1.82, 2.24) is 9.62 Å². The summed E-state index contributed by atoms with van der Waals surface area (Å²) in [6, 6.07) is 10.1. The van der Waals surface area contributed by atoms with E-state index in [4.69, 9.17) is 23.2 Å². The third-order valence-electron chi connectivity index (χ3n) is 4.17. The highest BCUT2D eigenvalue weighted by Crippen LogP contribution is 2.34. The van der Waals surface area contributed by atoms with Crippen LogP contribution in [-0.2, 0) is 16.6 Å². The Hall–Kier alpha value is -1.12. The summed E-state index contributed by atoms with van der Waals surface area (Å²) < 4.78 is 27.5. The van der Waals surface area contributed by atoms with Gasteiger partial charge in [-0.25, -0.2) is 8.42 Å². The van der Waals surface area contributed by atoms with Gasteiger partial charge in [0.1, 0.15) is 4.90 Å². The fourth-order valence-corrected chi connectivity index (χ4v) is 5.57. The maximum Gasteiger partial charge on any atom is 0.251 e. The van der Waals surface area contributed by atoms with Crippen molar-refractivity contribution in [2.75, 3.05) is 7.05 Å². The molecule has 2 aromatic carbocycles. The minimum atomic E-state index is -3.88. The molecule has 0 atom stereocenters. The number of rotatable bonds is 6. The molecule has 1 saturated carbocycles. The Morgan fingerprint density at radius 3 is 2.26 bits per heavy atom. The molecule has 3 rings (SSSR count). The summed E-state index contributed by atoms with van der Waals surface area (Å²) in [6.07, 6.45) is 2.04. The Morgan fingerprint density at radius 1 is 1.19 bits per heavy atom. The summed E-state index contributed by atoms with van der Waals surface area (Å²) in [5, 5.41) is 3.01. The van der Waals surface area contributed by atoms with Gasteiger partial charge >= 0.3 is 0 Å². The second-order valence-electron chi connectivity index (χ2n) is 6.40. The van der Waals surface area contributed by atoms with Crippen LogP contribution in [-0.4, -0.2) is 31.7 Å². The van der Waals surface area contributed by atoms with E-state index in [0.717, 1.165) is 18.4 Å². The molecule has 0 aromatic heterocycles. The Morgan fingerprint density at radius 2 is 1.74 bits per heavy atom. The normalized spacial score (nSPS) is 14.4. The zero-order valence-electron chi connectivity index (χ0n) is 14.4. The molecule has 1 N–H and O–H groups in total. The molecule has 9 heteroatoms. The van der Waals surface area contributed by atoms with Crippen LogP contribution in [0.4, 0.5) is 0 Å². The van der Waals surface area contributed by atoms with E-state index >= 15 is 0 Å². The third kappa shape index (κ3) is 4.84. The van der Waals surface area contributed by atoms with E-state index in [0.29, 0.717) is 10.0 Å². The first-order chi connectivity index (χ1) is 12.7. The predicted octanol–water partition coefficient (Wildman–Crippen LogP) is 4.47. The molecule has 1 amide bonds. The van der Waals surface area contributed by atoms with Gasteiger partial charge in [0.2, 0.25) is 10.0 Å². The monoisotopic (exact) mass is 490 g/mol. The molecule has 0 saturated heterocycles. The molecule has 0 spiro atoms. The van der Waals surface area contributed by atoms with Crippen molar-refractivity contribution < 1.29 is 13.2 Å². The summed E-state index contributed by atoms with van der Waals surface area (Å²) in [4.78, 5) is 11.9. The zero-order chi connectivity index (χ0) is 19.8. The topological polar surface area (TPSA) is 66.5 Å². The maximum atomic E-state index is 12.9. The van der Waals surface area contributed by atoms with Gasteiger partial charge in [0, 0.05) is 29.7 Å². The molecule has 0 radical (unpaired) electrons. The minimum absolute atomic E-state index is 0.0494. The largest absolute Gasteiger partial charge is 0.349 e. The van der Waals surface area contributed by atoms with Gasteiger partial charge < -0.3 is 5.32 Å². The molecule has 0 heterocycles. The second-order valence-corrected chi connectivity index (χ2v) is 10.1. The molecule has 0 unspecified atom stereocenters. The summed E-state index contributed by atoms with van der Waals surface area (Å²) in [6.45, 7) is 0.121. The van der Waals surface area contributed by atoms with Crippen LogP contribution in [0.1, 0.15) is 28.8 Å². The van der Waals surface area contributed by atoms with Crippen LogP contribution in [0.5, 0.6) is 0 Å². The molecule has 1 fully saturated rings. The van der Waals surface area contributed by atoms with Crippen LogP contribution < -0.4 is 5.32 Å². The number of nitrogens with one attached hydrogen (secondary N) is 1. The number of amides is 1. The molecule has 144 valence electrons.